The molecule has 0 saturated carbocycles. The second-order valence-corrected chi connectivity index (χ2v) is 16.6. The van der Waals surface area contributed by atoms with Crippen molar-refractivity contribution >= 4 is 48.7 Å². The molecule has 0 aliphatic rings. The zero-order chi connectivity index (χ0) is 39.8. The molecule has 4 N–H and O–H groups in total. The van der Waals surface area contributed by atoms with Crippen LogP contribution < -0.4 is 24.2 Å². The van der Waals surface area contributed by atoms with Crippen molar-refractivity contribution in [2.45, 2.75) is 35.5 Å². The summed E-state index contributed by atoms with van der Waals surface area (Å²) in [4.78, 5) is 11.1. The van der Waals surface area contributed by atoms with Crippen LogP contribution in [0.4, 0.5) is 4.79 Å². The van der Waals surface area contributed by atoms with Gasteiger partial charge >= 0.3 is 6.09 Å². The molecule has 4 aromatic carbocycles. The molecular weight excluding hydrogens is 869 g/mol. The standard InChI is InChI=1S/C35H38IN7O10S2/c1-51-27-10-4-23(5-11-27)19-42(20-24-6-12-28(52-2)13-7-24)55(49,50)33-31(54(47,48)40-26(22-44)18-37-35(45)46)17-16-30(36)32(33)34-38-41-43(39-34)21-25-8-14-29(53-3)15-9-25/h4-17,26,37,40,44H,18-22H2,1-3H3,(H,45,46)/t26-/m1/s1. The number of tetrazole rings is 1. The van der Waals surface area contributed by atoms with Crippen LogP contribution in [-0.4, -0.2) is 98.2 Å². The highest BCUT2D eigenvalue weighted by atomic mass is 127. The molecule has 55 heavy (non-hydrogen) atoms. The molecule has 1 amide bonds. The molecule has 5 aromatic rings. The van der Waals surface area contributed by atoms with Gasteiger partial charge in [0.15, 0.2) is 0 Å². The number of aliphatic hydroxyl groups is 1. The summed E-state index contributed by atoms with van der Waals surface area (Å²) in [6.45, 7) is -1.57. The Morgan fingerprint density at radius 2 is 1.33 bits per heavy atom. The number of halogens is 1. The maximum atomic E-state index is 15.3. The molecule has 0 fully saturated rings. The first-order chi connectivity index (χ1) is 26.3. The number of carbonyl (C=O) groups is 1. The first-order valence-electron chi connectivity index (χ1n) is 16.4. The number of carboxylic acid groups (broad SMARTS) is 1. The molecule has 0 spiro atoms. The molecule has 17 nitrogen and oxygen atoms in total. The van der Waals surface area contributed by atoms with Gasteiger partial charge in [0, 0.05) is 23.2 Å². The van der Waals surface area contributed by atoms with E-state index in [-0.39, 0.29) is 31.0 Å². The summed E-state index contributed by atoms with van der Waals surface area (Å²) in [5, 5.41) is 33.9. The van der Waals surface area contributed by atoms with Crippen molar-refractivity contribution in [1.82, 2.24) is 34.6 Å². The Bertz CT molecular complexity index is 2260. The molecule has 1 heterocycles. The Morgan fingerprint density at radius 3 is 1.80 bits per heavy atom. The Morgan fingerprint density at radius 1 is 0.818 bits per heavy atom. The number of hydrogen-bond donors (Lipinski definition) is 4. The highest BCUT2D eigenvalue weighted by Gasteiger charge is 2.38. The predicted octanol–water partition coefficient (Wildman–Crippen LogP) is 3.32. The third kappa shape index (κ3) is 10.3. The van der Waals surface area contributed by atoms with E-state index in [1.54, 1.807) is 79.9 Å². The van der Waals surface area contributed by atoms with E-state index in [0.717, 1.165) is 15.9 Å². The number of benzene rings is 4. The quantitative estimate of drug-likeness (QED) is 0.0928. The lowest BCUT2D eigenvalue weighted by atomic mass is 10.2. The number of aromatic nitrogens is 4. The van der Waals surface area contributed by atoms with Crippen LogP contribution in [0.25, 0.3) is 11.4 Å². The third-order valence-corrected chi connectivity index (χ3v) is 12.7. The maximum Gasteiger partial charge on any atom is 0.404 e. The monoisotopic (exact) mass is 907 g/mol. The van der Waals surface area contributed by atoms with Gasteiger partial charge in [-0.2, -0.15) is 9.10 Å². The van der Waals surface area contributed by atoms with Crippen LogP contribution in [0.5, 0.6) is 17.2 Å². The summed E-state index contributed by atoms with van der Waals surface area (Å²) in [7, 11) is -5.08. The highest BCUT2D eigenvalue weighted by Crippen LogP contribution is 2.38. The van der Waals surface area contributed by atoms with Gasteiger partial charge in [0.25, 0.3) is 0 Å². The molecule has 1 aromatic heterocycles. The Kier molecular flexibility index (Phi) is 13.6. The molecular formula is C35H38IN7O10S2. The number of nitrogens with zero attached hydrogens (tertiary/aromatic N) is 5. The Hall–Kier alpha value is -4.87. The number of hydrogen-bond acceptors (Lipinski definition) is 12. The number of amides is 1. The summed E-state index contributed by atoms with van der Waals surface area (Å²) in [6.07, 6.45) is -1.45. The predicted molar refractivity (Wildman–Crippen MR) is 208 cm³/mol. The largest absolute Gasteiger partial charge is 0.497 e. The molecule has 20 heteroatoms. The van der Waals surface area contributed by atoms with Crippen molar-refractivity contribution in [1.29, 1.82) is 0 Å². The van der Waals surface area contributed by atoms with Crippen LogP contribution in [0, 0.1) is 3.57 Å². The Balaban J connectivity index is 1.69. The van der Waals surface area contributed by atoms with Crippen LogP contribution >= 0.6 is 22.6 Å². The van der Waals surface area contributed by atoms with Crippen molar-refractivity contribution in [2.24, 2.45) is 0 Å². The summed E-state index contributed by atoms with van der Waals surface area (Å²) in [6, 6.07) is 21.8. The molecule has 0 unspecified atom stereocenters. The highest BCUT2D eigenvalue weighted by molar-refractivity contribution is 14.1. The summed E-state index contributed by atoms with van der Waals surface area (Å²) >= 11 is 1.88. The van der Waals surface area contributed by atoms with Gasteiger partial charge < -0.3 is 29.7 Å². The van der Waals surface area contributed by atoms with Crippen molar-refractivity contribution in [3.8, 4) is 28.6 Å². The third-order valence-electron chi connectivity index (χ3n) is 8.20. The van der Waals surface area contributed by atoms with Crippen molar-refractivity contribution in [3.63, 3.8) is 0 Å². The molecule has 5 rings (SSSR count). The summed E-state index contributed by atoms with van der Waals surface area (Å²) in [5.41, 5.74) is 1.78. The minimum absolute atomic E-state index is 0.136. The molecule has 0 aliphatic carbocycles. The van der Waals surface area contributed by atoms with Gasteiger partial charge in [-0.15, -0.1) is 10.2 Å². The number of methoxy groups -OCH3 is 3. The van der Waals surface area contributed by atoms with Gasteiger partial charge in [-0.25, -0.2) is 26.4 Å². The van der Waals surface area contributed by atoms with Gasteiger partial charge in [-0.3, -0.25) is 0 Å². The van der Waals surface area contributed by atoms with Gasteiger partial charge in [0.2, 0.25) is 25.9 Å². The second-order valence-electron chi connectivity index (χ2n) is 11.9. The van der Waals surface area contributed by atoms with Crippen molar-refractivity contribution in [2.75, 3.05) is 34.5 Å². The van der Waals surface area contributed by atoms with Crippen LogP contribution in [0.2, 0.25) is 0 Å². The van der Waals surface area contributed by atoms with Crippen molar-refractivity contribution in [3.05, 3.63) is 105 Å². The van der Waals surface area contributed by atoms with Gasteiger partial charge in [-0.05, 0) is 93.0 Å². The van der Waals surface area contributed by atoms with Crippen LogP contribution in [-0.2, 0) is 39.7 Å². The zero-order valence-corrected chi connectivity index (χ0v) is 33.6. The molecule has 0 bridgehead atoms. The molecule has 1 atom stereocenters. The van der Waals surface area contributed by atoms with Crippen LogP contribution in [0.1, 0.15) is 16.7 Å². The Labute approximate surface area is 331 Å². The lowest BCUT2D eigenvalue weighted by Crippen LogP contribution is -2.46. The average molecular weight is 908 g/mol. The topological polar surface area (TPSA) is 224 Å². The first-order valence-corrected chi connectivity index (χ1v) is 20.4. The normalized spacial score (nSPS) is 12.3. The van der Waals surface area contributed by atoms with E-state index >= 15 is 8.42 Å². The van der Waals surface area contributed by atoms with E-state index in [0.29, 0.717) is 31.9 Å². The number of ether oxygens (including phenoxy) is 3. The molecule has 0 radical (unpaired) electrons. The maximum absolute atomic E-state index is 15.3. The van der Waals surface area contributed by atoms with Crippen molar-refractivity contribution < 1.29 is 46.1 Å². The minimum atomic E-state index is -4.83. The van der Waals surface area contributed by atoms with Gasteiger partial charge in [0.05, 0.1) is 46.1 Å². The number of rotatable bonds is 18. The van der Waals surface area contributed by atoms with E-state index in [4.69, 9.17) is 19.3 Å². The zero-order valence-electron chi connectivity index (χ0n) is 29.8. The fraction of sp³-hybridized carbons (Fsp3) is 0.257. The van der Waals surface area contributed by atoms with E-state index < -0.39 is 55.1 Å². The number of nitrogens with one attached hydrogen (secondary N) is 2. The summed E-state index contributed by atoms with van der Waals surface area (Å²) < 4.78 is 78.4. The SMILES string of the molecule is COc1ccc(CN(Cc2ccc(OC)cc2)S(=O)(=O)c2c(S(=O)(=O)N[C@@H](CO)CNC(=O)O)ccc(I)c2-c2nnn(Cc3ccc(OC)cc3)n2)cc1. The molecule has 292 valence electrons. The fourth-order valence-electron chi connectivity index (χ4n) is 5.38. The number of sulfonamides is 2. The second kappa shape index (κ2) is 18.2. The van der Waals surface area contributed by atoms with E-state index in [1.807, 2.05) is 27.9 Å². The smallest absolute Gasteiger partial charge is 0.404 e. The fourth-order valence-corrected chi connectivity index (χ4v) is 9.89. The van der Waals surface area contributed by atoms with Crippen LogP contribution in [0.15, 0.2) is 94.7 Å². The van der Waals surface area contributed by atoms with E-state index in [2.05, 4.69) is 20.1 Å². The molecule has 0 aliphatic heterocycles. The summed E-state index contributed by atoms with van der Waals surface area (Å²) in [5.74, 6) is 1.57. The lowest BCUT2D eigenvalue weighted by Gasteiger charge is -2.26. The average Bonchev–Trinajstić information content (AvgIpc) is 3.64. The van der Waals surface area contributed by atoms with E-state index in [9.17, 15) is 18.3 Å². The molecule has 0 saturated heterocycles. The lowest BCUT2D eigenvalue weighted by molar-refractivity contribution is 0.190. The first kappa shape index (κ1) is 41.3. The minimum Gasteiger partial charge on any atom is -0.497 e. The van der Waals surface area contributed by atoms with Gasteiger partial charge in [0.1, 0.15) is 27.0 Å². The van der Waals surface area contributed by atoms with Gasteiger partial charge in [-0.1, -0.05) is 36.4 Å². The van der Waals surface area contributed by atoms with Crippen LogP contribution in [0.3, 0.4) is 0 Å². The van der Waals surface area contributed by atoms with E-state index in [1.165, 1.54) is 25.1 Å². The number of aliphatic hydroxyl groups excluding tert-OH is 1.